The third-order valence-corrected chi connectivity index (χ3v) is 7.66. The number of carbonyl (C=O) groups is 2. The van der Waals surface area contributed by atoms with E-state index in [1.54, 1.807) is 10.8 Å². The van der Waals surface area contributed by atoms with Gasteiger partial charge in [-0.3, -0.25) is 9.59 Å². The number of benzene rings is 1. The summed E-state index contributed by atoms with van der Waals surface area (Å²) in [6.07, 6.45) is -10.6. The quantitative estimate of drug-likeness (QED) is 0.245. The fraction of sp³-hybridized carbons (Fsp3) is 0.417. The molecule has 2 amide bonds. The van der Waals surface area contributed by atoms with Crippen LogP contribution in [0.4, 0.5) is 26.3 Å². The molecule has 39 heavy (non-hydrogen) atoms. The van der Waals surface area contributed by atoms with Crippen LogP contribution in [0.3, 0.4) is 0 Å². The summed E-state index contributed by atoms with van der Waals surface area (Å²) in [7, 11) is -4.14. The Balaban J connectivity index is 2.04. The first-order chi connectivity index (χ1) is 18.0. The van der Waals surface area contributed by atoms with Gasteiger partial charge in [0.25, 0.3) is 11.8 Å². The van der Waals surface area contributed by atoms with Gasteiger partial charge in [0.1, 0.15) is 11.3 Å². The van der Waals surface area contributed by atoms with Crippen molar-refractivity contribution in [1.82, 2.24) is 10.0 Å². The van der Waals surface area contributed by atoms with Gasteiger partial charge in [-0.15, -0.1) is 11.3 Å². The maximum Gasteiger partial charge on any atom is 0.416 e. The first-order valence-corrected chi connectivity index (χ1v) is 14.2. The van der Waals surface area contributed by atoms with E-state index in [4.69, 9.17) is 4.74 Å². The fourth-order valence-electron chi connectivity index (χ4n) is 4.00. The van der Waals surface area contributed by atoms with Crippen LogP contribution in [0.5, 0.6) is 5.75 Å². The highest BCUT2D eigenvalue weighted by Crippen LogP contribution is 2.49. The molecule has 0 radical (unpaired) electrons. The molecule has 0 saturated heterocycles. The van der Waals surface area contributed by atoms with Crippen molar-refractivity contribution in [3.05, 3.63) is 57.3 Å². The third kappa shape index (κ3) is 7.32. The molecule has 1 atom stereocenters. The maximum absolute atomic E-state index is 14.7. The van der Waals surface area contributed by atoms with Crippen molar-refractivity contribution in [2.24, 2.45) is 0 Å². The minimum Gasteiger partial charge on any atom is -0.494 e. The summed E-state index contributed by atoms with van der Waals surface area (Å²) < 4.78 is 111. The van der Waals surface area contributed by atoms with Gasteiger partial charge in [0.2, 0.25) is 10.0 Å². The number of alkyl halides is 6. The van der Waals surface area contributed by atoms with Crippen LogP contribution in [0.15, 0.2) is 42.0 Å². The number of thiophene rings is 1. The van der Waals surface area contributed by atoms with Crippen LogP contribution in [0.2, 0.25) is 0 Å². The highest BCUT2D eigenvalue weighted by molar-refractivity contribution is 7.89. The van der Waals surface area contributed by atoms with E-state index in [1.807, 2.05) is 12.2 Å². The smallest absolute Gasteiger partial charge is 0.416 e. The lowest BCUT2D eigenvalue weighted by Crippen LogP contribution is -2.59. The van der Waals surface area contributed by atoms with Crippen molar-refractivity contribution in [3.63, 3.8) is 0 Å². The number of nitrogens with one attached hydrogen (secondary N) is 2. The minimum absolute atomic E-state index is 0.0233. The lowest BCUT2D eigenvalue weighted by molar-refractivity contribution is -0.201. The van der Waals surface area contributed by atoms with Crippen molar-refractivity contribution in [1.29, 1.82) is 0 Å². The van der Waals surface area contributed by atoms with E-state index in [9.17, 15) is 44.3 Å². The Morgan fingerprint density at radius 2 is 1.74 bits per heavy atom. The summed E-state index contributed by atoms with van der Waals surface area (Å²) in [4.78, 5) is 26.8. The number of amides is 2. The molecule has 0 saturated carbocycles. The molecule has 214 valence electrons. The molecule has 1 aliphatic rings. The zero-order chi connectivity index (χ0) is 29.2. The molecule has 1 aromatic heterocycles. The van der Waals surface area contributed by atoms with Crippen molar-refractivity contribution < 1.29 is 49.1 Å². The molecule has 1 aliphatic heterocycles. The molecule has 0 spiro atoms. The van der Waals surface area contributed by atoms with Gasteiger partial charge in [0, 0.05) is 22.6 Å². The Labute approximate surface area is 224 Å². The first kappa shape index (κ1) is 30.5. The van der Waals surface area contributed by atoms with Crippen LogP contribution < -0.4 is 14.8 Å². The van der Waals surface area contributed by atoms with Gasteiger partial charge in [-0.05, 0) is 48.2 Å². The predicted molar refractivity (Wildman–Crippen MR) is 131 cm³/mol. The Hall–Kier alpha value is -3.07. The number of halogens is 6. The Morgan fingerprint density at radius 3 is 2.26 bits per heavy atom. The highest BCUT2D eigenvalue weighted by atomic mass is 32.2. The summed E-state index contributed by atoms with van der Waals surface area (Å²) in [6, 6.07) is 7.42. The van der Waals surface area contributed by atoms with Gasteiger partial charge in [-0.2, -0.15) is 26.3 Å². The van der Waals surface area contributed by atoms with Crippen molar-refractivity contribution >= 4 is 38.7 Å². The fourth-order valence-corrected chi connectivity index (χ4v) is 5.43. The molecule has 15 heteroatoms. The average molecular weight is 599 g/mol. The van der Waals surface area contributed by atoms with E-state index in [0.29, 0.717) is 12.7 Å². The summed E-state index contributed by atoms with van der Waals surface area (Å²) in [5.74, 6) is -2.77. The molecule has 0 aliphatic carbocycles. The summed E-state index contributed by atoms with van der Waals surface area (Å²) in [5.41, 5.74) is -4.46. The standard InChI is InChI=1S/C24H24F6N2O5S2/c1-3-16-9-10-18(38-16)17-13-22(24(28,29)30,31-20(33)19(17)21(34)32-39(2,35)36)14-5-7-15(8-6-14)37-12-4-11-23(25,26)27/h5-10H,3-4,11-13H2,1-2H3,(H,31,33)(H,32,34). The molecule has 0 bridgehead atoms. The average Bonchev–Trinajstić information content (AvgIpc) is 3.28. The second kappa shape index (κ2) is 11.2. The molecule has 2 aromatic rings. The zero-order valence-corrected chi connectivity index (χ0v) is 22.3. The number of carbonyl (C=O) groups excluding carboxylic acids is 2. The van der Waals surface area contributed by atoms with Gasteiger partial charge < -0.3 is 10.1 Å². The Morgan fingerprint density at radius 1 is 1.10 bits per heavy atom. The van der Waals surface area contributed by atoms with Crippen LogP contribution >= 0.6 is 11.3 Å². The summed E-state index contributed by atoms with van der Waals surface area (Å²) in [5, 5.41) is 1.87. The molecule has 3 rings (SSSR count). The van der Waals surface area contributed by atoms with Crippen LogP contribution in [0.25, 0.3) is 5.57 Å². The largest absolute Gasteiger partial charge is 0.494 e. The Kier molecular flexibility index (Phi) is 8.75. The molecular weight excluding hydrogens is 574 g/mol. The molecule has 2 heterocycles. The molecular formula is C24H24F6N2O5S2. The van der Waals surface area contributed by atoms with E-state index in [2.05, 4.69) is 0 Å². The van der Waals surface area contributed by atoms with Crippen molar-refractivity contribution in [2.75, 3.05) is 12.9 Å². The normalized spacial score (nSPS) is 18.6. The van der Waals surface area contributed by atoms with Crippen LogP contribution in [-0.2, 0) is 31.6 Å². The first-order valence-electron chi connectivity index (χ1n) is 11.5. The van der Waals surface area contributed by atoms with E-state index in [1.165, 1.54) is 6.07 Å². The number of hydrogen-bond donors (Lipinski definition) is 2. The lowest BCUT2D eigenvalue weighted by Gasteiger charge is -2.41. The van der Waals surface area contributed by atoms with Crippen LogP contribution in [0, 0.1) is 0 Å². The summed E-state index contributed by atoms with van der Waals surface area (Å²) in [6.45, 7) is 1.49. The van der Waals surface area contributed by atoms with Gasteiger partial charge >= 0.3 is 12.4 Å². The Bertz CT molecular complexity index is 1360. The minimum atomic E-state index is -5.08. The second-order valence-electron chi connectivity index (χ2n) is 8.80. The highest BCUT2D eigenvalue weighted by Gasteiger charge is 2.60. The van der Waals surface area contributed by atoms with Gasteiger partial charge in [-0.1, -0.05) is 19.1 Å². The zero-order valence-electron chi connectivity index (χ0n) is 20.6. The molecule has 0 fully saturated rings. The number of hydrogen-bond acceptors (Lipinski definition) is 6. The predicted octanol–water partition coefficient (Wildman–Crippen LogP) is 4.84. The van der Waals surface area contributed by atoms with Gasteiger partial charge in [0.05, 0.1) is 12.9 Å². The van der Waals surface area contributed by atoms with Gasteiger partial charge in [-0.25, -0.2) is 13.1 Å². The SMILES string of the molecule is CCc1ccc(C2=C(C(=O)NS(C)(=O)=O)C(=O)NC(c3ccc(OCCCC(F)(F)F)cc3)(C(F)(F)F)C2)s1. The van der Waals surface area contributed by atoms with Gasteiger partial charge in [0.15, 0.2) is 5.54 Å². The van der Waals surface area contributed by atoms with E-state index in [-0.39, 0.29) is 29.2 Å². The third-order valence-electron chi connectivity index (χ3n) is 5.81. The number of aryl methyl sites for hydroxylation is 1. The van der Waals surface area contributed by atoms with E-state index >= 15 is 0 Å². The van der Waals surface area contributed by atoms with Crippen LogP contribution in [0.1, 0.15) is 41.5 Å². The lowest BCUT2D eigenvalue weighted by atomic mass is 9.78. The van der Waals surface area contributed by atoms with E-state index < -0.39 is 63.7 Å². The second-order valence-corrected chi connectivity index (χ2v) is 11.7. The molecule has 1 unspecified atom stereocenters. The van der Waals surface area contributed by atoms with Crippen LogP contribution in [-0.4, -0.2) is 45.4 Å². The van der Waals surface area contributed by atoms with E-state index in [0.717, 1.165) is 40.5 Å². The summed E-state index contributed by atoms with van der Waals surface area (Å²) >= 11 is 1.07. The number of ether oxygens (including phenoxy) is 1. The number of rotatable bonds is 9. The number of sulfonamides is 1. The topological polar surface area (TPSA) is 102 Å². The van der Waals surface area contributed by atoms with Crippen molar-refractivity contribution in [3.8, 4) is 5.75 Å². The monoisotopic (exact) mass is 598 g/mol. The molecule has 1 aromatic carbocycles. The maximum atomic E-state index is 14.7. The molecule has 2 N–H and O–H groups in total. The van der Waals surface area contributed by atoms with Crippen molar-refractivity contribution in [2.45, 2.75) is 50.5 Å². The molecule has 7 nitrogen and oxygen atoms in total.